The van der Waals surface area contributed by atoms with Gasteiger partial charge in [0.1, 0.15) is 0 Å². The molecular formula is C11H22N2. The molecule has 0 aromatic rings. The fourth-order valence-corrected chi connectivity index (χ4v) is 2.79. The summed E-state index contributed by atoms with van der Waals surface area (Å²) in [7, 11) is 2.29. The van der Waals surface area contributed by atoms with Crippen LogP contribution in [-0.4, -0.2) is 37.6 Å². The molecule has 2 fully saturated rings. The summed E-state index contributed by atoms with van der Waals surface area (Å²) in [5.41, 5.74) is 0. The number of rotatable bonds is 2. The minimum absolute atomic E-state index is 0.893. The summed E-state index contributed by atoms with van der Waals surface area (Å²) < 4.78 is 0. The Bertz CT molecular complexity index is 152. The van der Waals surface area contributed by atoms with Gasteiger partial charge in [-0.2, -0.15) is 0 Å². The van der Waals surface area contributed by atoms with Gasteiger partial charge in [0.25, 0.3) is 0 Å². The molecule has 13 heavy (non-hydrogen) atoms. The topological polar surface area (TPSA) is 15.3 Å². The van der Waals surface area contributed by atoms with E-state index in [0.717, 1.165) is 12.0 Å². The largest absolute Gasteiger partial charge is 0.316 e. The molecule has 2 unspecified atom stereocenters. The van der Waals surface area contributed by atoms with Gasteiger partial charge in [0.05, 0.1) is 0 Å². The molecule has 2 nitrogen and oxygen atoms in total. The zero-order valence-electron chi connectivity index (χ0n) is 8.76. The smallest absolute Gasteiger partial charge is 0.00957 e. The highest BCUT2D eigenvalue weighted by Crippen LogP contribution is 2.24. The van der Waals surface area contributed by atoms with Crippen LogP contribution in [-0.2, 0) is 0 Å². The molecule has 0 aromatic carbocycles. The monoisotopic (exact) mass is 182 g/mol. The van der Waals surface area contributed by atoms with E-state index in [0.29, 0.717) is 0 Å². The highest BCUT2D eigenvalue weighted by Gasteiger charge is 2.24. The summed E-state index contributed by atoms with van der Waals surface area (Å²) >= 11 is 0. The molecule has 1 N–H and O–H groups in total. The number of nitrogens with one attached hydrogen (secondary N) is 1. The minimum atomic E-state index is 0.893. The number of hydrogen-bond acceptors (Lipinski definition) is 2. The summed E-state index contributed by atoms with van der Waals surface area (Å²) in [6.07, 6.45) is 7.14. The molecule has 0 aliphatic carbocycles. The van der Waals surface area contributed by atoms with Crippen molar-refractivity contribution in [1.29, 1.82) is 0 Å². The zero-order chi connectivity index (χ0) is 9.10. The quantitative estimate of drug-likeness (QED) is 0.695. The van der Waals surface area contributed by atoms with Crippen LogP contribution in [0.4, 0.5) is 0 Å². The van der Waals surface area contributed by atoms with E-state index >= 15 is 0 Å². The van der Waals surface area contributed by atoms with E-state index in [1.807, 2.05) is 0 Å². The van der Waals surface area contributed by atoms with Crippen LogP contribution in [0.3, 0.4) is 0 Å². The third-order valence-corrected chi connectivity index (χ3v) is 3.68. The summed E-state index contributed by atoms with van der Waals surface area (Å²) in [6.45, 7) is 3.84. The summed E-state index contributed by atoms with van der Waals surface area (Å²) in [5.74, 6) is 0.958. The molecule has 0 radical (unpaired) electrons. The second-order valence-electron chi connectivity index (χ2n) is 4.72. The first-order chi connectivity index (χ1) is 6.36. The van der Waals surface area contributed by atoms with Crippen molar-refractivity contribution in [3.8, 4) is 0 Å². The van der Waals surface area contributed by atoms with Gasteiger partial charge in [0.15, 0.2) is 0 Å². The molecule has 0 bridgehead atoms. The van der Waals surface area contributed by atoms with Crippen molar-refractivity contribution in [3.05, 3.63) is 0 Å². The molecule has 2 heterocycles. The molecule has 0 spiro atoms. The van der Waals surface area contributed by atoms with E-state index in [2.05, 4.69) is 17.3 Å². The van der Waals surface area contributed by atoms with Gasteiger partial charge in [-0.05, 0) is 64.7 Å². The summed E-state index contributed by atoms with van der Waals surface area (Å²) in [4.78, 5) is 2.55. The Balaban J connectivity index is 1.75. The maximum absolute atomic E-state index is 3.51. The molecule has 2 aliphatic rings. The predicted molar refractivity (Wildman–Crippen MR) is 55.9 cm³/mol. The van der Waals surface area contributed by atoms with Crippen LogP contribution >= 0.6 is 0 Å². The lowest BCUT2D eigenvalue weighted by Gasteiger charge is -2.28. The van der Waals surface area contributed by atoms with Gasteiger partial charge in [-0.3, -0.25) is 0 Å². The minimum Gasteiger partial charge on any atom is -0.316 e. The highest BCUT2D eigenvalue weighted by atomic mass is 15.1. The van der Waals surface area contributed by atoms with Crippen LogP contribution in [0.2, 0.25) is 0 Å². The molecule has 76 valence electrons. The molecule has 2 atom stereocenters. The summed E-state index contributed by atoms with van der Waals surface area (Å²) in [6, 6.07) is 0.893. The van der Waals surface area contributed by atoms with E-state index in [1.165, 1.54) is 51.7 Å². The molecule has 0 saturated carbocycles. The fraction of sp³-hybridized carbons (Fsp3) is 1.00. The average Bonchev–Trinajstić information content (AvgIpc) is 2.54. The first kappa shape index (κ1) is 9.47. The molecule has 2 saturated heterocycles. The van der Waals surface area contributed by atoms with Crippen LogP contribution in [0.1, 0.15) is 32.1 Å². The van der Waals surface area contributed by atoms with E-state index in [4.69, 9.17) is 0 Å². The van der Waals surface area contributed by atoms with Gasteiger partial charge in [-0.15, -0.1) is 0 Å². The van der Waals surface area contributed by atoms with Crippen molar-refractivity contribution in [1.82, 2.24) is 10.2 Å². The lowest BCUT2D eigenvalue weighted by molar-refractivity contribution is 0.237. The van der Waals surface area contributed by atoms with Crippen molar-refractivity contribution in [2.75, 3.05) is 26.7 Å². The maximum atomic E-state index is 3.51. The van der Waals surface area contributed by atoms with Gasteiger partial charge >= 0.3 is 0 Å². The Hall–Kier alpha value is -0.0800. The number of likely N-dealkylation sites (tertiary alicyclic amines) is 1. The van der Waals surface area contributed by atoms with Crippen molar-refractivity contribution >= 4 is 0 Å². The third-order valence-electron chi connectivity index (χ3n) is 3.68. The molecule has 0 aromatic heterocycles. The molecule has 2 rings (SSSR count). The Morgan fingerprint density at radius 1 is 1.31 bits per heavy atom. The van der Waals surface area contributed by atoms with Gasteiger partial charge in [0.2, 0.25) is 0 Å². The second kappa shape index (κ2) is 4.43. The van der Waals surface area contributed by atoms with Crippen LogP contribution in [0.15, 0.2) is 0 Å². The lowest BCUT2D eigenvalue weighted by atomic mass is 9.91. The predicted octanol–water partition coefficient (Wildman–Crippen LogP) is 1.47. The Kier molecular flexibility index (Phi) is 3.23. The molecule has 0 amide bonds. The second-order valence-corrected chi connectivity index (χ2v) is 4.72. The Labute approximate surface area is 81.7 Å². The fourth-order valence-electron chi connectivity index (χ4n) is 2.79. The van der Waals surface area contributed by atoms with Crippen LogP contribution in [0.25, 0.3) is 0 Å². The Morgan fingerprint density at radius 3 is 2.85 bits per heavy atom. The zero-order valence-corrected chi connectivity index (χ0v) is 8.76. The Morgan fingerprint density at radius 2 is 2.23 bits per heavy atom. The standard InChI is InChI=1S/C11H22N2/c1-13-7-3-5-11(13)8-10-4-2-6-12-9-10/h10-12H,2-9H2,1H3. The first-order valence-electron chi connectivity index (χ1n) is 5.77. The number of hydrogen-bond donors (Lipinski definition) is 1. The SMILES string of the molecule is CN1CCCC1CC1CCCNC1. The van der Waals surface area contributed by atoms with Crippen LogP contribution < -0.4 is 5.32 Å². The van der Waals surface area contributed by atoms with Crippen LogP contribution in [0.5, 0.6) is 0 Å². The van der Waals surface area contributed by atoms with E-state index in [1.54, 1.807) is 0 Å². The van der Waals surface area contributed by atoms with E-state index in [9.17, 15) is 0 Å². The van der Waals surface area contributed by atoms with Crippen molar-refractivity contribution in [2.45, 2.75) is 38.1 Å². The highest BCUT2D eigenvalue weighted by molar-refractivity contribution is 4.81. The van der Waals surface area contributed by atoms with E-state index in [-0.39, 0.29) is 0 Å². The van der Waals surface area contributed by atoms with Gasteiger partial charge < -0.3 is 10.2 Å². The first-order valence-corrected chi connectivity index (χ1v) is 5.77. The van der Waals surface area contributed by atoms with Crippen molar-refractivity contribution in [3.63, 3.8) is 0 Å². The number of piperidine rings is 1. The van der Waals surface area contributed by atoms with Crippen LogP contribution in [0, 0.1) is 5.92 Å². The molecule has 2 heteroatoms. The number of nitrogens with zero attached hydrogens (tertiary/aromatic N) is 1. The maximum Gasteiger partial charge on any atom is 0.00957 e. The molecule has 2 aliphatic heterocycles. The van der Waals surface area contributed by atoms with Gasteiger partial charge in [0, 0.05) is 6.04 Å². The summed E-state index contributed by atoms with van der Waals surface area (Å²) in [5, 5.41) is 3.51. The third kappa shape index (κ3) is 2.44. The normalized spacial score (nSPS) is 36.7. The van der Waals surface area contributed by atoms with Gasteiger partial charge in [-0.25, -0.2) is 0 Å². The lowest BCUT2D eigenvalue weighted by Crippen LogP contribution is -2.34. The average molecular weight is 182 g/mol. The van der Waals surface area contributed by atoms with E-state index < -0.39 is 0 Å². The van der Waals surface area contributed by atoms with Gasteiger partial charge in [-0.1, -0.05) is 0 Å². The van der Waals surface area contributed by atoms with Crippen molar-refractivity contribution < 1.29 is 0 Å². The molecular weight excluding hydrogens is 160 g/mol. The van der Waals surface area contributed by atoms with Crippen molar-refractivity contribution in [2.24, 2.45) is 5.92 Å².